The highest BCUT2D eigenvalue weighted by Crippen LogP contribution is 2.16. The van der Waals surface area contributed by atoms with Crippen LogP contribution in [0.3, 0.4) is 0 Å². The highest BCUT2D eigenvalue weighted by atomic mass is 19.1. The molecule has 8 heteroatoms. The summed E-state index contributed by atoms with van der Waals surface area (Å²) in [6.45, 7) is 0.0830. The second kappa shape index (κ2) is 6.68. The average Bonchev–Trinajstić information content (AvgIpc) is 3.00. The molecule has 0 unspecified atom stereocenters. The van der Waals surface area contributed by atoms with Gasteiger partial charge in [0.2, 0.25) is 5.91 Å². The second-order valence-electron chi connectivity index (χ2n) is 5.73. The number of carbonyl (C=O) groups is 2. The average molecular weight is 341 g/mol. The molecule has 0 spiro atoms. The van der Waals surface area contributed by atoms with Gasteiger partial charge in [-0.3, -0.25) is 19.3 Å². The van der Waals surface area contributed by atoms with Gasteiger partial charge < -0.3 is 10.2 Å². The summed E-state index contributed by atoms with van der Waals surface area (Å²) < 4.78 is 14.7. The molecule has 2 heterocycles. The summed E-state index contributed by atoms with van der Waals surface area (Å²) in [5, 5.41) is 7.26. The molecular formula is C17H16FN5O2. The van der Waals surface area contributed by atoms with Crippen molar-refractivity contribution in [2.75, 3.05) is 19.4 Å². The molecule has 7 nitrogen and oxygen atoms in total. The van der Waals surface area contributed by atoms with Crippen LogP contribution in [0.1, 0.15) is 10.4 Å². The number of carbonyl (C=O) groups excluding carboxylic acids is 2. The van der Waals surface area contributed by atoms with Crippen LogP contribution in [0.25, 0.3) is 10.9 Å². The van der Waals surface area contributed by atoms with Crippen molar-refractivity contribution in [3.05, 3.63) is 54.2 Å². The van der Waals surface area contributed by atoms with E-state index in [0.717, 1.165) is 0 Å². The predicted molar refractivity (Wildman–Crippen MR) is 90.6 cm³/mol. The number of likely N-dealkylation sites (N-methyl/N-ethyl adjacent to an activating group) is 1. The number of hydrogen-bond donors (Lipinski definition) is 1. The first-order valence-electron chi connectivity index (χ1n) is 7.51. The zero-order valence-electron chi connectivity index (χ0n) is 13.7. The number of anilines is 1. The molecule has 0 atom stereocenters. The van der Waals surface area contributed by atoms with Gasteiger partial charge in [0, 0.05) is 31.9 Å². The van der Waals surface area contributed by atoms with Gasteiger partial charge in [-0.2, -0.15) is 5.10 Å². The fraction of sp³-hybridized carbons (Fsp3) is 0.176. The lowest BCUT2D eigenvalue weighted by atomic mass is 10.1. The Labute approximate surface area is 143 Å². The Bertz CT molecular complexity index is 951. The topological polar surface area (TPSA) is 80.1 Å². The number of nitrogens with zero attached hydrogens (tertiary/aromatic N) is 4. The van der Waals surface area contributed by atoms with Crippen molar-refractivity contribution in [1.29, 1.82) is 0 Å². The summed E-state index contributed by atoms with van der Waals surface area (Å²) >= 11 is 0. The van der Waals surface area contributed by atoms with Gasteiger partial charge in [-0.1, -0.05) is 0 Å². The van der Waals surface area contributed by atoms with Gasteiger partial charge in [0.15, 0.2) is 0 Å². The van der Waals surface area contributed by atoms with Gasteiger partial charge >= 0.3 is 0 Å². The maximum atomic E-state index is 13.3. The molecule has 0 saturated heterocycles. The molecule has 0 radical (unpaired) electrons. The molecule has 3 aromatic rings. The van der Waals surface area contributed by atoms with Crippen molar-refractivity contribution in [3.63, 3.8) is 0 Å². The summed E-state index contributed by atoms with van der Waals surface area (Å²) in [4.78, 5) is 29.6. The lowest BCUT2D eigenvalue weighted by molar-refractivity contribution is -0.129. The highest BCUT2D eigenvalue weighted by Gasteiger charge is 2.11. The third-order valence-corrected chi connectivity index (χ3v) is 3.59. The molecule has 0 saturated carbocycles. The molecule has 128 valence electrons. The maximum absolute atomic E-state index is 13.3. The van der Waals surface area contributed by atoms with Crippen LogP contribution in [0.5, 0.6) is 0 Å². The number of pyridine rings is 1. The minimum absolute atomic E-state index is 0.0830. The third kappa shape index (κ3) is 3.79. The minimum Gasteiger partial charge on any atom is -0.347 e. The van der Waals surface area contributed by atoms with Gasteiger partial charge in [0.1, 0.15) is 12.4 Å². The van der Waals surface area contributed by atoms with Crippen LogP contribution >= 0.6 is 0 Å². The van der Waals surface area contributed by atoms with E-state index in [4.69, 9.17) is 0 Å². The number of fused-ring (bicyclic) bond motifs is 1. The highest BCUT2D eigenvalue weighted by molar-refractivity contribution is 6.05. The molecule has 0 bridgehead atoms. The first-order chi connectivity index (χ1) is 11.9. The quantitative estimate of drug-likeness (QED) is 0.786. The number of hydrogen-bond acceptors (Lipinski definition) is 4. The Hall–Kier alpha value is -3.29. The van der Waals surface area contributed by atoms with Crippen molar-refractivity contribution < 1.29 is 14.0 Å². The standard InChI is InChI=1S/C17H16FN5O2/c1-22(2)16(24)10-23-9-14(8-20-23)21-17(25)12-5-11-6-13(18)3-4-15(11)19-7-12/h3-9H,10H2,1-2H3,(H,21,25). The summed E-state index contributed by atoms with van der Waals surface area (Å²) in [6, 6.07) is 5.77. The van der Waals surface area contributed by atoms with Gasteiger partial charge in [-0.05, 0) is 24.3 Å². The van der Waals surface area contributed by atoms with Gasteiger partial charge in [0.25, 0.3) is 5.91 Å². The van der Waals surface area contributed by atoms with E-state index in [1.807, 2.05) is 0 Å². The van der Waals surface area contributed by atoms with E-state index in [1.165, 1.54) is 34.1 Å². The molecular weight excluding hydrogens is 325 g/mol. The fourth-order valence-corrected chi connectivity index (χ4v) is 2.22. The summed E-state index contributed by atoms with van der Waals surface area (Å²) in [5.41, 5.74) is 1.36. The zero-order valence-corrected chi connectivity index (χ0v) is 13.7. The smallest absolute Gasteiger partial charge is 0.257 e. The fourth-order valence-electron chi connectivity index (χ4n) is 2.22. The Morgan fingerprint density at radius 3 is 2.80 bits per heavy atom. The monoisotopic (exact) mass is 341 g/mol. The number of halogens is 1. The first-order valence-corrected chi connectivity index (χ1v) is 7.51. The second-order valence-corrected chi connectivity index (χ2v) is 5.73. The van der Waals surface area contributed by atoms with Crippen LogP contribution in [0.4, 0.5) is 10.1 Å². The minimum atomic E-state index is -0.392. The normalized spacial score (nSPS) is 10.7. The van der Waals surface area contributed by atoms with Crippen LogP contribution < -0.4 is 5.32 Å². The van der Waals surface area contributed by atoms with E-state index in [-0.39, 0.29) is 12.5 Å². The molecule has 0 aliphatic heterocycles. The summed E-state index contributed by atoms with van der Waals surface area (Å²) in [7, 11) is 3.31. The lowest BCUT2D eigenvalue weighted by Crippen LogP contribution is -2.26. The molecule has 0 aliphatic carbocycles. The van der Waals surface area contributed by atoms with Crippen molar-refractivity contribution in [2.24, 2.45) is 0 Å². The van der Waals surface area contributed by atoms with E-state index in [1.54, 1.807) is 32.4 Å². The largest absolute Gasteiger partial charge is 0.347 e. The van der Waals surface area contributed by atoms with Crippen LogP contribution in [-0.4, -0.2) is 45.6 Å². The first kappa shape index (κ1) is 16.6. The molecule has 0 fully saturated rings. The number of amides is 2. The van der Waals surface area contributed by atoms with Crippen LogP contribution in [0.2, 0.25) is 0 Å². The van der Waals surface area contributed by atoms with E-state index in [9.17, 15) is 14.0 Å². The Kier molecular flexibility index (Phi) is 4.42. The van der Waals surface area contributed by atoms with Crippen molar-refractivity contribution >= 4 is 28.4 Å². The summed E-state index contributed by atoms with van der Waals surface area (Å²) in [6.07, 6.45) is 4.44. The van der Waals surface area contributed by atoms with E-state index < -0.39 is 11.7 Å². The van der Waals surface area contributed by atoms with E-state index >= 15 is 0 Å². The van der Waals surface area contributed by atoms with Gasteiger partial charge in [0.05, 0.1) is 23.0 Å². The lowest BCUT2D eigenvalue weighted by Gasteiger charge is -2.09. The number of benzene rings is 1. The maximum Gasteiger partial charge on any atom is 0.257 e. The molecule has 2 amide bonds. The summed E-state index contributed by atoms with van der Waals surface area (Å²) in [5.74, 6) is -0.891. The Balaban J connectivity index is 1.74. The zero-order chi connectivity index (χ0) is 18.0. The number of rotatable bonds is 4. The number of nitrogens with one attached hydrogen (secondary N) is 1. The molecule has 0 aliphatic rings. The van der Waals surface area contributed by atoms with Crippen LogP contribution in [-0.2, 0) is 11.3 Å². The van der Waals surface area contributed by atoms with Crippen molar-refractivity contribution in [1.82, 2.24) is 19.7 Å². The van der Waals surface area contributed by atoms with Crippen LogP contribution in [0, 0.1) is 5.82 Å². The van der Waals surface area contributed by atoms with E-state index in [2.05, 4.69) is 15.4 Å². The van der Waals surface area contributed by atoms with Crippen LogP contribution in [0.15, 0.2) is 42.9 Å². The molecule has 1 aromatic carbocycles. The Morgan fingerprint density at radius 2 is 2.04 bits per heavy atom. The molecule has 2 aromatic heterocycles. The van der Waals surface area contributed by atoms with Crippen molar-refractivity contribution in [2.45, 2.75) is 6.54 Å². The number of aromatic nitrogens is 3. The SMILES string of the molecule is CN(C)C(=O)Cn1cc(NC(=O)c2cnc3ccc(F)cc3c2)cn1. The van der Waals surface area contributed by atoms with Gasteiger partial charge in [-0.25, -0.2) is 4.39 Å². The Morgan fingerprint density at radius 1 is 1.24 bits per heavy atom. The molecule has 25 heavy (non-hydrogen) atoms. The third-order valence-electron chi connectivity index (χ3n) is 3.59. The van der Waals surface area contributed by atoms with Gasteiger partial charge in [-0.15, -0.1) is 0 Å². The van der Waals surface area contributed by atoms with E-state index in [0.29, 0.717) is 22.2 Å². The molecule has 3 rings (SSSR count). The van der Waals surface area contributed by atoms with Crippen molar-refractivity contribution in [3.8, 4) is 0 Å². The predicted octanol–water partition coefficient (Wildman–Crippen LogP) is 1.91. The molecule has 1 N–H and O–H groups in total.